The first-order chi connectivity index (χ1) is 13.2. The number of aromatic nitrogens is 4. The zero-order valence-electron chi connectivity index (χ0n) is 14.7. The van der Waals surface area contributed by atoms with Gasteiger partial charge in [0.25, 0.3) is 5.91 Å². The van der Waals surface area contributed by atoms with E-state index in [1.54, 1.807) is 0 Å². The number of benzene rings is 2. The highest BCUT2D eigenvalue weighted by Gasteiger charge is 2.28. The molecule has 2 aromatic carbocycles. The van der Waals surface area contributed by atoms with Gasteiger partial charge in [-0.2, -0.15) is 0 Å². The molecule has 4 aromatic rings. The van der Waals surface area contributed by atoms with Crippen molar-refractivity contribution in [1.82, 2.24) is 20.2 Å². The molecular weight excluding hydrogens is 342 g/mol. The van der Waals surface area contributed by atoms with E-state index in [-0.39, 0.29) is 5.91 Å². The largest absolute Gasteiger partial charge is 0.451 e. The van der Waals surface area contributed by atoms with Crippen LogP contribution >= 0.6 is 0 Å². The summed E-state index contributed by atoms with van der Waals surface area (Å²) in [5.41, 5.74) is 3.16. The molecule has 5 rings (SSSR count). The van der Waals surface area contributed by atoms with E-state index in [2.05, 4.69) is 20.8 Å². The van der Waals surface area contributed by atoms with Crippen molar-refractivity contribution in [1.29, 1.82) is 0 Å². The van der Waals surface area contributed by atoms with Crippen LogP contribution in [0.15, 0.2) is 52.9 Å². The molecule has 7 nitrogen and oxygen atoms in total. The van der Waals surface area contributed by atoms with Crippen LogP contribution in [0.3, 0.4) is 0 Å². The van der Waals surface area contributed by atoms with Crippen LogP contribution in [0.1, 0.15) is 35.0 Å². The van der Waals surface area contributed by atoms with E-state index in [0.717, 1.165) is 35.2 Å². The zero-order valence-corrected chi connectivity index (χ0v) is 14.7. The Morgan fingerprint density at radius 1 is 1.15 bits per heavy atom. The van der Waals surface area contributed by atoms with E-state index in [1.807, 2.05) is 60.1 Å². The predicted octanol–water partition coefficient (Wildman–Crippen LogP) is 3.98. The number of nitrogens with zero attached hydrogens (tertiary/aromatic N) is 4. The number of para-hydroxylation sites is 1. The fourth-order valence-electron chi connectivity index (χ4n) is 3.23. The third-order valence-corrected chi connectivity index (χ3v) is 4.84. The van der Waals surface area contributed by atoms with E-state index in [1.165, 1.54) is 0 Å². The third kappa shape index (κ3) is 2.77. The Hall–Kier alpha value is -3.48. The molecule has 1 saturated carbocycles. The lowest BCUT2D eigenvalue weighted by atomic mass is 10.1. The van der Waals surface area contributed by atoms with Crippen LogP contribution in [0, 0.1) is 6.92 Å². The van der Waals surface area contributed by atoms with Crippen LogP contribution in [0.4, 0.5) is 5.69 Å². The Labute approximate surface area is 155 Å². The van der Waals surface area contributed by atoms with Crippen LogP contribution < -0.4 is 5.32 Å². The summed E-state index contributed by atoms with van der Waals surface area (Å²) in [6, 6.07) is 15.5. The Bertz CT molecular complexity index is 1140. The van der Waals surface area contributed by atoms with Crippen molar-refractivity contribution in [2.24, 2.45) is 0 Å². The number of carbonyl (C=O) groups is 1. The summed E-state index contributed by atoms with van der Waals surface area (Å²) in [6.07, 6.45) is 2.23. The first-order valence-corrected chi connectivity index (χ1v) is 8.88. The van der Waals surface area contributed by atoms with Gasteiger partial charge in [0.15, 0.2) is 11.6 Å². The van der Waals surface area contributed by atoms with Gasteiger partial charge in [-0.1, -0.05) is 18.2 Å². The van der Waals surface area contributed by atoms with E-state index < -0.39 is 0 Å². The lowest BCUT2D eigenvalue weighted by Crippen LogP contribution is -2.12. The number of rotatable bonds is 4. The monoisotopic (exact) mass is 359 g/mol. The number of hydrogen-bond donors (Lipinski definition) is 1. The fraction of sp³-hybridized carbons (Fsp3) is 0.200. The molecule has 0 bridgehead atoms. The van der Waals surface area contributed by atoms with Crippen molar-refractivity contribution in [3.05, 3.63) is 59.9 Å². The summed E-state index contributed by atoms with van der Waals surface area (Å²) >= 11 is 0. The second-order valence-corrected chi connectivity index (χ2v) is 6.76. The molecular formula is C20H17N5O2. The number of amides is 1. The number of aryl methyl sites for hydroxylation is 1. The van der Waals surface area contributed by atoms with Gasteiger partial charge in [-0.15, -0.1) is 5.10 Å². The fourth-order valence-corrected chi connectivity index (χ4v) is 3.23. The first kappa shape index (κ1) is 15.7. The first-order valence-electron chi connectivity index (χ1n) is 8.88. The van der Waals surface area contributed by atoms with Gasteiger partial charge in [0.05, 0.1) is 6.04 Å². The highest BCUT2D eigenvalue weighted by molar-refractivity contribution is 6.06. The third-order valence-electron chi connectivity index (χ3n) is 4.84. The molecule has 1 fully saturated rings. The molecule has 0 aliphatic heterocycles. The summed E-state index contributed by atoms with van der Waals surface area (Å²) < 4.78 is 7.59. The topological polar surface area (TPSA) is 85.8 Å². The molecule has 7 heteroatoms. The highest BCUT2D eigenvalue weighted by atomic mass is 16.3. The predicted molar refractivity (Wildman–Crippen MR) is 100 cm³/mol. The van der Waals surface area contributed by atoms with Crippen molar-refractivity contribution in [3.63, 3.8) is 0 Å². The molecule has 2 heterocycles. The molecule has 0 radical (unpaired) electrons. The number of carbonyl (C=O) groups excluding carboxylic acids is 1. The van der Waals surface area contributed by atoms with E-state index in [4.69, 9.17) is 4.42 Å². The standard InChI is InChI=1S/C20H17N5O2/c1-12-16-4-2-3-5-17(16)27-18(12)20(26)21-14-8-6-13(7-9-14)19-22-23-24-25(19)15-10-11-15/h2-9,15H,10-11H2,1H3,(H,21,26). The van der Waals surface area contributed by atoms with E-state index in [9.17, 15) is 4.79 Å². The summed E-state index contributed by atoms with van der Waals surface area (Å²) in [4.78, 5) is 12.6. The van der Waals surface area contributed by atoms with Gasteiger partial charge >= 0.3 is 0 Å². The quantitative estimate of drug-likeness (QED) is 0.595. The lowest BCUT2D eigenvalue weighted by Gasteiger charge is -2.06. The number of hydrogen-bond acceptors (Lipinski definition) is 5. The second kappa shape index (κ2) is 6.05. The van der Waals surface area contributed by atoms with Crippen molar-refractivity contribution in [2.75, 3.05) is 5.32 Å². The lowest BCUT2D eigenvalue weighted by molar-refractivity contribution is 0.0998. The molecule has 0 atom stereocenters. The van der Waals surface area contributed by atoms with Crippen LogP contribution in [-0.2, 0) is 0 Å². The normalized spacial score (nSPS) is 13.8. The van der Waals surface area contributed by atoms with Gasteiger partial charge in [-0.3, -0.25) is 4.79 Å². The van der Waals surface area contributed by atoms with Crippen LogP contribution in [0.2, 0.25) is 0 Å². The number of furan rings is 1. The Morgan fingerprint density at radius 2 is 1.93 bits per heavy atom. The summed E-state index contributed by atoms with van der Waals surface area (Å²) in [6.45, 7) is 1.89. The maximum atomic E-state index is 12.6. The van der Waals surface area contributed by atoms with Crippen molar-refractivity contribution in [3.8, 4) is 11.4 Å². The minimum absolute atomic E-state index is 0.265. The van der Waals surface area contributed by atoms with Gasteiger partial charge in [-0.25, -0.2) is 4.68 Å². The Kier molecular flexibility index (Phi) is 3.53. The van der Waals surface area contributed by atoms with Crippen LogP contribution in [0.5, 0.6) is 0 Å². The maximum Gasteiger partial charge on any atom is 0.291 e. The molecule has 2 aromatic heterocycles. The average molecular weight is 359 g/mol. The van der Waals surface area contributed by atoms with E-state index >= 15 is 0 Å². The van der Waals surface area contributed by atoms with Crippen LogP contribution in [-0.4, -0.2) is 26.1 Å². The summed E-state index contributed by atoms with van der Waals surface area (Å²) in [5, 5.41) is 15.8. The molecule has 0 spiro atoms. The van der Waals surface area contributed by atoms with Crippen molar-refractivity contribution in [2.45, 2.75) is 25.8 Å². The van der Waals surface area contributed by atoms with Gasteiger partial charge in [-0.05, 0) is 60.5 Å². The number of anilines is 1. The number of nitrogens with one attached hydrogen (secondary N) is 1. The molecule has 1 N–H and O–H groups in total. The minimum atomic E-state index is -0.265. The SMILES string of the molecule is Cc1c(C(=O)Nc2ccc(-c3nnnn3C3CC3)cc2)oc2ccccc12. The summed E-state index contributed by atoms with van der Waals surface area (Å²) in [7, 11) is 0. The summed E-state index contributed by atoms with van der Waals surface area (Å²) in [5.74, 6) is 0.820. The smallest absolute Gasteiger partial charge is 0.291 e. The minimum Gasteiger partial charge on any atom is -0.451 e. The molecule has 1 amide bonds. The van der Waals surface area contributed by atoms with Crippen molar-refractivity contribution >= 4 is 22.6 Å². The van der Waals surface area contributed by atoms with Gasteiger partial charge < -0.3 is 9.73 Å². The van der Waals surface area contributed by atoms with Gasteiger partial charge in [0.1, 0.15) is 5.58 Å². The highest BCUT2D eigenvalue weighted by Crippen LogP contribution is 2.36. The number of tetrazole rings is 1. The second-order valence-electron chi connectivity index (χ2n) is 6.76. The Morgan fingerprint density at radius 3 is 2.67 bits per heavy atom. The zero-order chi connectivity index (χ0) is 18.4. The van der Waals surface area contributed by atoms with Crippen molar-refractivity contribution < 1.29 is 9.21 Å². The van der Waals surface area contributed by atoms with E-state index in [0.29, 0.717) is 23.1 Å². The molecule has 1 aliphatic rings. The molecule has 27 heavy (non-hydrogen) atoms. The molecule has 134 valence electrons. The average Bonchev–Trinajstić information content (AvgIpc) is 3.32. The maximum absolute atomic E-state index is 12.6. The molecule has 0 saturated heterocycles. The molecule has 0 unspecified atom stereocenters. The molecule has 1 aliphatic carbocycles. The Balaban J connectivity index is 1.38. The number of fused-ring (bicyclic) bond motifs is 1. The van der Waals surface area contributed by atoms with Crippen LogP contribution in [0.25, 0.3) is 22.4 Å². The van der Waals surface area contributed by atoms with Gasteiger partial charge in [0, 0.05) is 22.2 Å². The van der Waals surface area contributed by atoms with Gasteiger partial charge in [0.2, 0.25) is 0 Å².